The lowest BCUT2D eigenvalue weighted by molar-refractivity contribution is 0.0128. The zero-order valence-corrected chi connectivity index (χ0v) is 12.7. The molecule has 2 fully saturated rings. The summed E-state index contributed by atoms with van der Waals surface area (Å²) in [5, 5.41) is 3.93. The van der Waals surface area contributed by atoms with Gasteiger partial charge in [-0.1, -0.05) is 13.8 Å². The van der Waals surface area contributed by atoms with Gasteiger partial charge in [0.25, 0.3) is 0 Å². The number of nitrogens with two attached hydrogens (primary N) is 1. The van der Waals surface area contributed by atoms with Crippen molar-refractivity contribution in [1.29, 1.82) is 0 Å². The van der Waals surface area contributed by atoms with Gasteiger partial charge in [-0.2, -0.15) is 0 Å². The molecule has 0 amide bonds. The minimum absolute atomic E-state index is 0.310. The Morgan fingerprint density at radius 1 is 1.22 bits per heavy atom. The molecule has 5 unspecified atom stereocenters. The molecule has 2 rings (SSSR count). The molecule has 1 saturated carbocycles. The highest BCUT2D eigenvalue weighted by Crippen LogP contribution is 2.45. The van der Waals surface area contributed by atoms with Crippen molar-refractivity contribution in [1.82, 2.24) is 5.32 Å². The van der Waals surface area contributed by atoms with E-state index in [2.05, 4.69) is 33.0 Å². The molecule has 0 aromatic rings. The second-order valence-corrected chi connectivity index (χ2v) is 7.39. The molecule has 0 aromatic carbocycles. The normalized spacial score (nSPS) is 43.5. The van der Waals surface area contributed by atoms with Gasteiger partial charge in [0, 0.05) is 11.6 Å². The summed E-state index contributed by atoms with van der Waals surface area (Å²) in [5.74, 6) is 3.45. The fourth-order valence-corrected chi connectivity index (χ4v) is 4.36. The Balaban J connectivity index is 1.99. The first-order valence-electron chi connectivity index (χ1n) is 7.93. The monoisotopic (exact) mass is 252 g/mol. The van der Waals surface area contributed by atoms with Crippen molar-refractivity contribution in [2.75, 3.05) is 6.54 Å². The molecule has 2 nitrogen and oxygen atoms in total. The summed E-state index contributed by atoms with van der Waals surface area (Å²) in [4.78, 5) is 0. The molecule has 0 radical (unpaired) electrons. The van der Waals surface area contributed by atoms with Gasteiger partial charge in [-0.25, -0.2) is 0 Å². The molecular weight excluding hydrogens is 220 g/mol. The number of hydrogen-bond acceptors (Lipinski definition) is 2. The van der Waals surface area contributed by atoms with Crippen LogP contribution in [-0.4, -0.2) is 18.1 Å². The van der Waals surface area contributed by atoms with Crippen molar-refractivity contribution in [3.8, 4) is 0 Å². The number of hydrogen-bond donors (Lipinski definition) is 2. The third-order valence-corrected chi connectivity index (χ3v) is 5.98. The summed E-state index contributed by atoms with van der Waals surface area (Å²) in [6.07, 6.45) is 6.78. The maximum Gasteiger partial charge on any atom is 0.0156 e. The second-order valence-electron chi connectivity index (χ2n) is 7.39. The Hall–Kier alpha value is -0.0800. The van der Waals surface area contributed by atoms with Crippen molar-refractivity contribution >= 4 is 0 Å². The predicted octanol–water partition coefficient (Wildman–Crippen LogP) is 3.16. The van der Waals surface area contributed by atoms with Gasteiger partial charge in [0.1, 0.15) is 0 Å². The third-order valence-electron chi connectivity index (χ3n) is 5.98. The van der Waals surface area contributed by atoms with Crippen LogP contribution in [0, 0.1) is 23.7 Å². The fourth-order valence-electron chi connectivity index (χ4n) is 4.36. The predicted molar refractivity (Wildman–Crippen MR) is 78.5 cm³/mol. The summed E-state index contributed by atoms with van der Waals surface area (Å²) in [7, 11) is 0. The summed E-state index contributed by atoms with van der Waals surface area (Å²) in [6, 6.07) is 0.764. The SMILES string of the molecule is CC1C2CC(CCCN)CCC2NC(C)(C)C1C. The van der Waals surface area contributed by atoms with E-state index in [-0.39, 0.29) is 0 Å². The number of piperidine rings is 1. The van der Waals surface area contributed by atoms with Gasteiger partial charge in [0.15, 0.2) is 0 Å². The van der Waals surface area contributed by atoms with E-state index in [0.29, 0.717) is 5.54 Å². The van der Waals surface area contributed by atoms with Gasteiger partial charge < -0.3 is 11.1 Å². The lowest BCUT2D eigenvalue weighted by atomic mass is 9.61. The Morgan fingerprint density at radius 3 is 2.61 bits per heavy atom. The van der Waals surface area contributed by atoms with E-state index in [9.17, 15) is 0 Å². The molecule has 1 aliphatic heterocycles. The summed E-state index contributed by atoms with van der Waals surface area (Å²) < 4.78 is 0. The Bertz CT molecular complexity index is 272. The zero-order chi connectivity index (χ0) is 13.3. The smallest absolute Gasteiger partial charge is 0.0156 e. The minimum Gasteiger partial charge on any atom is -0.330 e. The fraction of sp³-hybridized carbons (Fsp3) is 1.00. The molecule has 5 atom stereocenters. The first-order valence-corrected chi connectivity index (χ1v) is 7.93. The van der Waals surface area contributed by atoms with Crippen LogP contribution in [0.3, 0.4) is 0 Å². The highest BCUT2D eigenvalue weighted by Gasteiger charge is 2.45. The average molecular weight is 252 g/mol. The van der Waals surface area contributed by atoms with Crippen LogP contribution in [0.5, 0.6) is 0 Å². The maximum atomic E-state index is 5.65. The zero-order valence-electron chi connectivity index (χ0n) is 12.7. The molecule has 18 heavy (non-hydrogen) atoms. The van der Waals surface area contributed by atoms with Gasteiger partial charge in [-0.3, -0.25) is 0 Å². The van der Waals surface area contributed by atoms with Gasteiger partial charge in [0.05, 0.1) is 0 Å². The molecule has 106 valence electrons. The van der Waals surface area contributed by atoms with Crippen molar-refractivity contribution < 1.29 is 0 Å². The van der Waals surface area contributed by atoms with Crippen LogP contribution >= 0.6 is 0 Å². The molecule has 2 aliphatic rings. The quantitative estimate of drug-likeness (QED) is 0.809. The lowest BCUT2D eigenvalue weighted by Gasteiger charge is -2.53. The Kier molecular flexibility index (Phi) is 4.38. The van der Waals surface area contributed by atoms with Crippen LogP contribution in [0.15, 0.2) is 0 Å². The van der Waals surface area contributed by atoms with E-state index < -0.39 is 0 Å². The van der Waals surface area contributed by atoms with Crippen molar-refractivity contribution in [2.24, 2.45) is 29.4 Å². The number of fused-ring (bicyclic) bond motifs is 1. The molecule has 1 saturated heterocycles. The highest BCUT2D eigenvalue weighted by molar-refractivity contribution is 5.01. The van der Waals surface area contributed by atoms with Crippen LogP contribution < -0.4 is 11.1 Å². The van der Waals surface area contributed by atoms with E-state index in [1.54, 1.807) is 0 Å². The molecule has 0 bridgehead atoms. The van der Waals surface area contributed by atoms with E-state index in [0.717, 1.165) is 36.3 Å². The number of rotatable bonds is 3. The van der Waals surface area contributed by atoms with Crippen molar-refractivity contribution in [3.63, 3.8) is 0 Å². The van der Waals surface area contributed by atoms with Gasteiger partial charge in [0.2, 0.25) is 0 Å². The second kappa shape index (κ2) is 5.50. The van der Waals surface area contributed by atoms with Crippen LogP contribution in [0.4, 0.5) is 0 Å². The average Bonchev–Trinajstić information content (AvgIpc) is 2.34. The topological polar surface area (TPSA) is 38.0 Å². The van der Waals surface area contributed by atoms with E-state index >= 15 is 0 Å². The highest BCUT2D eigenvalue weighted by atomic mass is 15.0. The van der Waals surface area contributed by atoms with E-state index in [1.165, 1.54) is 32.1 Å². The molecule has 0 spiro atoms. The summed E-state index contributed by atoms with van der Waals surface area (Å²) in [6.45, 7) is 10.5. The van der Waals surface area contributed by atoms with Crippen molar-refractivity contribution in [2.45, 2.75) is 71.4 Å². The largest absolute Gasteiger partial charge is 0.330 e. The van der Waals surface area contributed by atoms with Crippen LogP contribution in [0.25, 0.3) is 0 Å². The van der Waals surface area contributed by atoms with Gasteiger partial charge >= 0.3 is 0 Å². The van der Waals surface area contributed by atoms with Crippen LogP contribution in [0.1, 0.15) is 59.8 Å². The first-order chi connectivity index (χ1) is 8.45. The van der Waals surface area contributed by atoms with Gasteiger partial charge in [-0.15, -0.1) is 0 Å². The lowest BCUT2D eigenvalue weighted by Crippen LogP contribution is -2.62. The summed E-state index contributed by atoms with van der Waals surface area (Å²) >= 11 is 0. The van der Waals surface area contributed by atoms with Crippen molar-refractivity contribution in [3.05, 3.63) is 0 Å². The molecule has 3 N–H and O–H groups in total. The Labute approximate surface area is 113 Å². The molecule has 1 heterocycles. The van der Waals surface area contributed by atoms with Gasteiger partial charge in [-0.05, 0) is 76.2 Å². The molecule has 0 aromatic heterocycles. The van der Waals surface area contributed by atoms with E-state index in [1.807, 2.05) is 0 Å². The summed E-state index contributed by atoms with van der Waals surface area (Å²) in [5.41, 5.74) is 5.96. The van der Waals surface area contributed by atoms with Crippen LogP contribution in [0.2, 0.25) is 0 Å². The van der Waals surface area contributed by atoms with Crippen LogP contribution in [-0.2, 0) is 0 Å². The van der Waals surface area contributed by atoms with E-state index in [4.69, 9.17) is 5.73 Å². The minimum atomic E-state index is 0.310. The molecule has 1 aliphatic carbocycles. The first kappa shape index (κ1) is 14.3. The standard InChI is InChI=1S/C16H32N2/c1-11-12(2)16(3,4)18-15-8-7-13(6-5-9-17)10-14(11)15/h11-15,18H,5-10,17H2,1-4H3. The molecular formula is C16H32N2. The molecule has 2 heteroatoms. The Morgan fingerprint density at radius 2 is 1.94 bits per heavy atom. The number of nitrogens with one attached hydrogen (secondary N) is 1. The third kappa shape index (κ3) is 2.75. The maximum absolute atomic E-state index is 5.65.